The van der Waals surface area contributed by atoms with Crippen LogP contribution in [-0.4, -0.2) is 53.8 Å². The van der Waals surface area contributed by atoms with Crippen molar-refractivity contribution < 1.29 is 33.7 Å². The number of likely N-dealkylation sites (tertiary alicyclic amines) is 1. The van der Waals surface area contributed by atoms with Crippen molar-refractivity contribution in [3.63, 3.8) is 0 Å². The summed E-state index contributed by atoms with van der Waals surface area (Å²) >= 11 is 0. The molecule has 1 saturated heterocycles. The number of carbonyl (C=O) groups is 3. The zero-order valence-electron chi connectivity index (χ0n) is 22.6. The van der Waals surface area contributed by atoms with Crippen LogP contribution in [0.5, 0.6) is 0 Å². The lowest BCUT2D eigenvalue weighted by Gasteiger charge is -2.51. The first-order valence-corrected chi connectivity index (χ1v) is 13.4. The summed E-state index contributed by atoms with van der Waals surface area (Å²) in [5.41, 5.74) is 1.04. The molecular formula is C32H33NO7. The highest BCUT2D eigenvalue weighted by Crippen LogP contribution is 2.51. The van der Waals surface area contributed by atoms with Crippen molar-refractivity contribution in [1.82, 2.24) is 4.90 Å². The molecule has 3 aromatic rings. The molecule has 1 fully saturated rings. The summed E-state index contributed by atoms with van der Waals surface area (Å²) < 4.78 is 17.5. The van der Waals surface area contributed by atoms with Gasteiger partial charge in [-0.05, 0) is 41.3 Å². The van der Waals surface area contributed by atoms with Crippen LogP contribution in [-0.2, 0) is 41.7 Å². The van der Waals surface area contributed by atoms with E-state index in [2.05, 4.69) is 0 Å². The minimum absolute atomic E-state index is 0.0125. The highest BCUT2D eigenvalue weighted by atomic mass is 16.6. The predicted molar refractivity (Wildman–Crippen MR) is 148 cm³/mol. The topological polar surface area (TPSA) is 102 Å². The molecule has 2 aliphatic rings. The second-order valence-electron chi connectivity index (χ2n) is 10.4. The molecule has 0 saturated carbocycles. The number of hydrogen-bond donors (Lipinski definition) is 1. The number of rotatable bonds is 9. The van der Waals surface area contributed by atoms with Crippen LogP contribution >= 0.6 is 0 Å². The number of benzene rings is 3. The van der Waals surface area contributed by atoms with Gasteiger partial charge in [-0.25, -0.2) is 0 Å². The van der Waals surface area contributed by atoms with E-state index in [0.717, 1.165) is 21.9 Å². The van der Waals surface area contributed by atoms with Gasteiger partial charge in [0.2, 0.25) is 5.91 Å². The summed E-state index contributed by atoms with van der Waals surface area (Å²) in [7, 11) is 1.30. The number of carboxylic acid groups (broad SMARTS) is 1. The maximum atomic E-state index is 13.9. The fourth-order valence-corrected chi connectivity index (χ4v) is 5.99. The highest BCUT2D eigenvalue weighted by molar-refractivity contribution is 5.92. The normalized spacial score (nSPS) is 24.4. The Morgan fingerprint density at radius 2 is 1.77 bits per heavy atom. The first-order valence-electron chi connectivity index (χ1n) is 13.4. The van der Waals surface area contributed by atoms with Crippen LogP contribution in [0.25, 0.3) is 10.8 Å². The maximum Gasteiger partial charge on any atom is 0.320 e. The average molecular weight is 544 g/mol. The largest absolute Gasteiger partial charge is 0.481 e. The number of ether oxygens (including phenoxy) is 3. The van der Waals surface area contributed by atoms with Crippen LogP contribution in [0.4, 0.5) is 0 Å². The van der Waals surface area contributed by atoms with Crippen LogP contribution in [0.15, 0.2) is 84.6 Å². The van der Waals surface area contributed by atoms with Crippen molar-refractivity contribution in [3.05, 3.63) is 95.7 Å². The molecule has 1 N–H and O–H groups in total. The molecule has 0 bridgehead atoms. The van der Waals surface area contributed by atoms with Gasteiger partial charge in [0.25, 0.3) is 0 Å². The zero-order chi connectivity index (χ0) is 28.3. The predicted octanol–water partition coefficient (Wildman–Crippen LogP) is 4.71. The van der Waals surface area contributed by atoms with Gasteiger partial charge in [-0.1, -0.05) is 72.8 Å². The Hall–Kier alpha value is -4.01. The molecule has 8 nitrogen and oxygen atoms in total. The highest BCUT2D eigenvalue weighted by Gasteiger charge is 2.59. The molecule has 1 amide bonds. The quantitative estimate of drug-likeness (QED) is 0.390. The van der Waals surface area contributed by atoms with Crippen molar-refractivity contribution in [1.29, 1.82) is 0 Å². The minimum atomic E-state index is -1.34. The molecule has 0 unspecified atom stereocenters. The van der Waals surface area contributed by atoms with Crippen molar-refractivity contribution in [2.24, 2.45) is 11.3 Å². The van der Waals surface area contributed by atoms with Gasteiger partial charge in [0.15, 0.2) is 0 Å². The number of amides is 1. The van der Waals surface area contributed by atoms with Crippen molar-refractivity contribution in [3.8, 4) is 0 Å². The van der Waals surface area contributed by atoms with E-state index >= 15 is 0 Å². The number of carboxylic acids is 1. The summed E-state index contributed by atoms with van der Waals surface area (Å²) in [6.45, 7) is 2.55. The number of esters is 1. The van der Waals surface area contributed by atoms with E-state index in [0.29, 0.717) is 12.3 Å². The third kappa shape index (κ3) is 5.24. The SMILES string of the molecule is COC(=O)[C@@]12C[C@H](CC(=O)O)C(=O)N(Cc3cccc4ccccc34)C1=C[C@@H](COCc1ccccc1)O[C@H]2C. The van der Waals surface area contributed by atoms with Crippen LogP contribution in [0.1, 0.15) is 30.9 Å². The molecule has 40 heavy (non-hydrogen) atoms. The second-order valence-corrected chi connectivity index (χ2v) is 10.4. The fraction of sp³-hybridized carbons (Fsp3) is 0.344. The molecule has 4 atom stereocenters. The number of methoxy groups -OCH3 is 1. The van der Waals surface area contributed by atoms with E-state index < -0.39 is 41.9 Å². The number of fused-ring (bicyclic) bond motifs is 2. The molecule has 5 rings (SSSR count). The molecule has 0 radical (unpaired) electrons. The Bertz CT molecular complexity index is 1430. The molecule has 0 spiro atoms. The molecular weight excluding hydrogens is 510 g/mol. The molecule has 8 heteroatoms. The van der Waals surface area contributed by atoms with Crippen LogP contribution in [0.3, 0.4) is 0 Å². The number of aliphatic carboxylic acids is 1. The zero-order valence-corrected chi connectivity index (χ0v) is 22.6. The average Bonchev–Trinajstić information content (AvgIpc) is 2.96. The monoisotopic (exact) mass is 543 g/mol. The first-order chi connectivity index (χ1) is 19.3. The smallest absolute Gasteiger partial charge is 0.320 e. The van der Waals surface area contributed by atoms with Gasteiger partial charge in [-0.15, -0.1) is 0 Å². The van der Waals surface area contributed by atoms with Gasteiger partial charge in [-0.2, -0.15) is 0 Å². The Morgan fingerprint density at radius 1 is 1.05 bits per heavy atom. The van der Waals surface area contributed by atoms with E-state index in [1.807, 2.05) is 72.8 Å². The van der Waals surface area contributed by atoms with Crippen LogP contribution in [0, 0.1) is 11.3 Å². The Morgan fingerprint density at radius 3 is 2.52 bits per heavy atom. The Kier molecular flexibility index (Phi) is 8.00. The van der Waals surface area contributed by atoms with Crippen molar-refractivity contribution >= 4 is 28.6 Å². The Balaban J connectivity index is 1.55. The summed E-state index contributed by atoms with van der Waals surface area (Å²) in [5.74, 6) is -2.91. The molecule has 3 aromatic carbocycles. The number of hydrogen-bond acceptors (Lipinski definition) is 6. The fourth-order valence-electron chi connectivity index (χ4n) is 5.99. The molecule has 208 valence electrons. The molecule has 0 aromatic heterocycles. The minimum Gasteiger partial charge on any atom is -0.481 e. The standard InChI is InChI=1S/C32H33NO7/c1-21-32(31(37)38-2)17-25(15-29(34)35)30(36)33(18-24-13-8-12-23-11-6-7-14-27(23)24)28(32)16-26(40-21)20-39-19-22-9-4-3-5-10-22/h3-14,16,21,25-26H,15,17-20H2,1-2H3,(H,34,35)/t21-,25-,26-,32+/m0/s1. The lowest BCUT2D eigenvalue weighted by atomic mass is 9.66. The number of nitrogens with zero attached hydrogens (tertiary/aromatic N) is 1. The van der Waals surface area contributed by atoms with Gasteiger partial charge < -0.3 is 24.2 Å². The van der Waals surface area contributed by atoms with Crippen molar-refractivity contribution in [2.45, 2.75) is 45.1 Å². The van der Waals surface area contributed by atoms with Crippen LogP contribution < -0.4 is 0 Å². The van der Waals surface area contributed by atoms with Gasteiger partial charge >= 0.3 is 11.9 Å². The first kappa shape index (κ1) is 27.6. The third-order valence-corrected chi connectivity index (χ3v) is 7.92. The molecule has 2 heterocycles. The van der Waals surface area contributed by atoms with Crippen LogP contribution in [0.2, 0.25) is 0 Å². The number of piperidine rings is 1. The second kappa shape index (κ2) is 11.6. The van der Waals surface area contributed by atoms with E-state index in [9.17, 15) is 19.5 Å². The maximum absolute atomic E-state index is 13.9. The Labute approximate surface area is 233 Å². The summed E-state index contributed by atoms with van der Waals surface area (Å²) in [6, 6.07) is 23.5. The summed E-state index contributed by atoms with van der Waals surface area (Å²) in [5, 5.41) is 11.6. The molecule has 2 aliphatic heterocycles. The summed E-state index contributed by atoms with van der Waals surface area (Å²) in [6.07, 6.45) is 0.159. The van der Waals surface area contributed by atoms with Gasteiger partial charge in [0.05, 0.1) is 45.3 Å². The lowest BCUT2D eigenvalue weighted by Crippen LogP contribution is -2.60. The van der Waals surface area contributed by atoms with E-state index in [4.69, 9.17) is 14.2 Å². The van der Waals surface area contributed by atoms with Crippen molar-refractivity contribution in [2.75, 3.05) is 13.7 Å². The van der Waals surface area contributed by atoms with Gasteiger partial charge in [0.1, 0.15) is 11.5 Å². The molecule has 0 aliphatic carbocycles. The summed E-state index contributed by atoms with van der Waals surface area (Å²) in [4.78, 5) is 40.8. The number of carbonyl (C=O) groups excluding carboxylic acids is 2. The van der Waals surface area contributed by atoms with E-state index in [-0.39, 0.29) is 25.5 Å². The lowest BCUT2D eigenvalue weighted by molar-refractivity contribution is -0.179. The van der Waals surface area contributed by atoms with E-state index in [1.165, 1.54) is 7.11 Å². The van der Waals surface area contributed by atoms with E-state index in [1.54, 1.807) is 17.9 Å². The van der Waals surface area contributed by atoms with Gasteiger partial charge in [0, 0.05) is 5.70 Å². The van der Waals surface area contributed by atoms with Gasteiger partial charge in [-0.3, -0.25) is 14.4 Å². The third-order valence-electron chi connectivity index (χ3n) is 7.92.